The maximum absolute atomic E-state index is 10.4. The third-order valence-corrected chi connectivity index (χ3v) is 2.52. The molecule has 0 atom stereocenters. The molecular formula is C10H15N3O4. The van der Waals surface area contributed by atoms with Crippen LogP contribution in [0.25, 0.3) is 0 Å². The van der Waals surface area contributed by atoms with E-state index in [1.165, 1.54) is 0 Å². The second-order valence-corrected chi connectivity index (χ2v) is 3.83. The first-order valence-electron chi connectivity index (χ1n) is 5.62. The highest BCUT2D eigenvalue weighted by atomic mass is 16.5. The van der Waals surface area contributed by atoms with Crippen molar-refractivity contribution in [3.8, 4) is 0 Å². The van der Waals surface area contributed by atoms with Gasteiger partial charge in [-0.3, -0.25) is 4.79 Å². The molecule has 1 aromatic heterocycles. The second-order valence-electron chi connectivity index (χ2n) is 3.83. The summed E-state index contributed by atoms with van der Waals surface area (Å²) in [5, 5.41) is 16.4. The van der Waals surface area contributed by atoms with Gasteiger partial charge in [0.2, 0.25) is 5.89 Å². The van der Waals surface area contributed by atoms with Crippen LogP contribution < -0.4 is 4.90 Å². The fourth-order valence-corrected chi connectivity index (χ4v) is 1.62. The standard InChI is InChI=1S/C10H15N3O4/c14-9(15)3-1-2-8-11-12-10(17-8)13-4-6-16-7-5-13/h1-7H2,(H,14,15). The van der Waals surface area contributed by atoms with E-state index >= 15 is 0 Å². The van der Waals surface area contributed by atoms with E-state index in [1.807, 2.05) is 4.90 Å². The van der Waals surface area contributed by atoms with Crippen LogP contribution in [0.1, 0.15) is 18.7 Å². The predicted molar refractivity (Wildman–Crippen MR) is 57.9 cm³/mol. The smallest absolute Gasteiger partial charge is 0.318 e. The Morgan fingerprint density at radius 2 is 2.12 bits per heavy atom. The lowest BCUT2D eigenvalue weighted by atomic mass is 10.2. The number of rotatable bonds is 5. The predicted octanol–water partition coefficient (Wildman–Crippen LogP) is 0.313. The van der Waals surface area contributed by atoms with Crippen molar-refractivity contribution in [3.63, 3.8) is 0 Å². The molecule has 1 aliphatic heterocycles. The Hall–Kier alpha value is -1.63. The number of carbonyl (C=O) groups is 1. The van der Waals surface area contributed by atoms with E-state index in [-0.39, 0.29) is 6.42 Å². The van der Waals surface area contributed by atoms with E-state index in [4.69, 9.17) is 14.3 Å². The number of carboxylic acids is 1. The second kappa shape index (κ2) is 5.62. The van der Waals surface area contributed by atoms with Crippen LogP contribution in [0, 0.1) is 0 Å². The lowest BCUT2D eigenvalue weighted by Crippen LogP contribution is -2.36. The van der Waals surface area contributed by atoms with Gasteiger partial charge < -0.3 is 19.2 Å². The highest BCUT2D eigenvalue weighted by Gasteiger charge is 2.17. The molecule has 0 radical (unpaired) electrons. The van der Waals surface area contributed by atoms with Crippen molar-refractivity contribution >= 4 is 12.0 Å². The van der Waals surface area contributed by atoms with Gasteiger partial charge in [-0.05, 0) is 6.42 Å². The highest BCUT2D eigenvalue weighted by molar-refractivity contribution is 5.66. The molecule has 0 aliphatic carbocycles. The van der Waals surface area contributed by atoms with Crippen molar-refractivity contribution in [2.24, 2.45) is 0 Å². The minimum Gasteiger partial charge on any atom is -0.481 e. The number of hydrogen-bond acceptors (Lipinski definition) is 6. The van der Waals surface area contributed by atoms with Gasteiger partial charge in [0.15, 0.2) is 0 Å². The Labute approximate surface area is 98.4 Å². The molecule has 1 aromatic rings. The summed E-state index contributed by atoms with van der Waals surface area (Å²) in [6, 6.07) is 0.499. The molecule has 1 fully saturated rings. The molecule has 7 nitrogen and oxygen atoms in total. The van der Waals surface area contributed by atoms with Gasteiger partial charge in [-0.25, -0.2) is 0 Å². The molecule has 1 N–H and O–H groups in total. The summed E-state index contributed by atoms with van der Waals surface area (Å²) < 4.78 is 10.7. The maximum Gasteiger partial charge on any atom is 0.318 e. The molecule has 2 rings (SSSR count). The molecule has 17 heavy (non-hydrogen) atoms. The molecule has 7 heteroatoms. The number of anilines is 1. The number of aromatic nitrogens is 2. The van der Waals surface area contributed by atoms with Gasteiger partial charge in [0.1, 0.15) is 0 Å². The Bertz CT molecular complexity index is 373. The Kier molecular flexibility index (Phi) is 3.92. The van der Waals surface area contributed by atoms with Crippen molar-refractivity contribution in [2.75, 3.05) is 31.2 Å². The fraction of sp³-hybridized carbons (Fsp3) is 0.700. The van der Waals surface area contributed by atoms with E-state index < -0.39 is 5.97 Å². The highest BCUT2D eigenvalue weighted by Crippen LogP contribution is 2.14. The number of nitrogens with zero attached hydrogens (tertiary/aromatic N) is 3. The number of morpholine rings is 1. The minimum atomic E-state index is -0.807. The Morgan fingerprint density at radius 3 is 2.82 bits per heavy atom. The summed E-state index contributed by atoms with van der Waals surface area (Å²) >= 11 is 0. The van der Waals surface area contributed by atoms with Gasteiger partial charge in [-0.2, -0.15) is 0 Å². The van der Waals surface area contributed by atoms with Crippen LogP contribution in [0.5, 0.6) is 0 Å². The summed E-state index contributed by atoms with van der Waals surface area (Å²) in [5.41, 5.74) is 0. The average molecular weight is 241 g/mol. The maximum atomic E-state index is 10.4. The fourth-order valence-electron chi connectivity index (χ4n) is 1.62. The van der Waals surface area contributed by atoms with E-state index in [0.717, 1.165) is 13.1 Å². The Balaban J connectivity index is 1.84. The van der Waals surface area contributed by atoms with Crippen LogP contribution in [0.2, 0.25) is 0 Å². The number of aryl methyl sites for hydroxylation is 1. The molecule has 0 unspecified atom stereocenters. The van der Waals surface area contributed by atoms with Crippen LogP contribution in [-0.4, -0.2) is 47.6 Å². The number of aliphatic carboxylic acids is 1. The molecular weight excluding hydrogens is 226 g/mol. The molecule has 1 saturated heterocycles. The third kappa shape index (κ3) is 3.42. The van der Waals surface area contributed by atoms with E-state index in [1.54, 1.807) is 0 Å². The van der Waals surface area contributed by atoms with Crippen molar-refractivity contribution in [2.45, 2.75) is 19.3 Å². The summed E-state index contributed by atoms with van der Waals surface area (Å²) in [7, 11) is 0. The molecule has 1 aliphatic rings. The first-order valence-corrected chi connectivity index (χ1v) is 5.62. The zero-order chi connectivity index (χ0) is 12.1. The first-order chi connectivity index (χ1) is 8.25. The molecule has 0 spiro atoms. The van der Waals surface area contributed by atoms with Gasteiger partial charge in [0.05, 0.1) is 13.2 Å². The summed E-state index contributed by atoms with van der Waals surface area (Å²) in [6.07, 6.45) is 1.14. The van der Waals surface area contributed by atoms with Gasteiger partial charge in [0, 0.05) is 25.9 Å². The van der Waals surface area contributed by atoms with Crippen molar-refractivity contribution in [3.05, 3.63) is 5.89 Å². The Morgan fingerprint density at radius 1 is 1.35 bits per heavy atom. The van der Waals surface area contributed by atoms with Crippen LogP contribution in [0.3, 0.4) is 0 Å². The molecule has 0 saturated carbocycles. The minimum absolute atomic E-state index is 0.120. The zero-order valence-corrected chi connectivity index (χ0v) is 9.46. The van der Waals surface area contributed by atoms with Crippen molar-refractivity contribution in [1.29, 1.82) is 0 Å². The van der Waals surface area contributed by atoms with E-state index in [0.29, 0.717) is 38.0 Å². The third-order valence-electron chi connectivity index (χ3n) is 2.52. The van der Waals surface area contributed by atoms with E-state index in [9.17, 15) is 4.79 Å². The van der Waals surface area contributed by atoms with Gasteiger partial charge in [-0.1, -0.05) is 5.10 Å². The van der Waals surface area contributed by atoms with Crippen LogP contribution in [0.15, 0.2) is 4.42 Å². The largest absolute Gasteiger partial charge is 0.481 e. The van der Waals surface area contributed by atoms with Gasteiger partial charge in [-0.15, -0.1) is 5.10 Å². The van der Waals surface area contributed by atoms with Crippen LogP contribution in [0.4, 0.5) is 6.01 Å². The molecule has 0 amide bonds. The van der Waals surface area contributed by atoms with E-state index in [2.05, 4.69) is 10.2 Å². The lowest BCUT2D eigenvalue weighted by molar-refractivity contribution is -0.137. The molecule has 0 bridgehead atoms. The number of carboxylic acid groups (broad SMARTS) is 1. The first kappa shape index (κ1) is 11.8. The number of hydrogen-bond donors (Lipinski definition) is 1. The summed E-state index contributed by atoms with van der Waals surface area (Å²) in [6.45, 7) is 2.82. The van der Waals surface area contributed by atoms with Gasteiger partial charge in [0.25, 0.3) is 0 Å². The SMILES string of the molecule is O=C(O)CCCc1nnc(N2CCOCC2)o1. The van der Waals surface area contributed by atoms with Crippen LogP contribution in [-0.2, 0) is 16.0 Å². The van der Waals surface area contributed by atoms with Crippen molar-refractivity contribution in [1.82, 2.24) is 10.2 Å². The average Bonchev–Trinajstić information content (AvgIpc) is 2.78. The topological polar surface area (TPSA) is 88.7 Å². The summed E-state index contributed by atoms with van der Waals surface area (Å²) in [5.74, 6) is -0.314. The summed E-state index contributed by atoms with van der Waals surface area (Å²) in [4.78, 5) is 12.3. The molecule has 0 aromatic carbocycles. The quantitative estimate of drug-likeness (QED) is 0.793. The normalized spacial score (nSPS) is 16.1. The van der Waals surface area contributed by atoms with Crippen molar-refractivity contribution < 1.29 is 19.1 Å². The molecule has 94 valence electrons. The zero-order valence-electron chi connectivity index (χ0n) is 9.46. The van der Waals surface area contributed by atoms with Gasteiger partial charge >= 0.3 is 12.0 Å². The number of ether oxygens (including phenoxy) is 1. The monoisotopic (exact) mass is 241 g/mol. The van der Waals surface area contributed by atoms with Crippen LogP contribution >= 0.6 is 0 Å². The molecule has 2 heterocycles. The lowest BCUT2D eigenvalue weighted by Gasteiger charge is -2.24.